The van der Waals surface area contributed by atoms with Crippen LogP contribution in [0.2, 0.25) is 0 Å². The Labute approximate surface area is 132 Å². The minimum Gasteiger partial charge on any atom is -0.310 e. The second-order valence-corrected chi connectivity index (χ2v) is 7.01. The average molecular weight is 302 g/mol. The maximum absolute atomic E-state index is 4.88. The first-order valence-corrected chi connectivity index (χ1v) is 8.83. The van der Waals surface area contributed by atoms with Gasteiger partial charge in [-0.05, 0) is 23.6 Å². The predicted molar refractivity (Wildman–Crippen MR) is 93.9 cm³/mol. The number of para-hydroxylation sites is 1. The molecule has 0 radical (unpaired) electrons. The van der Waals surface area contributed by atoms with Crippen LogP contribution in [0, 0.1) is 5.92 Å². The molecule has 1 unspecified atom stereocenters. The fraction of sp³-hybridized carbons (Fsp3) is 0.500. The summed E-state index contributed by atoms with van der Waals surface area (Å²) < 4.78 is 0. The third kappa shape index (κ3) is 4.72. The minimum atomic E-state index is 0.490. The van der Waals surface area contributed by atoms with Gasteiger partial charge in [0.15, 0.2) is 0 Å². The lowest BCUT2D eigenvalue weighted by Gasteiger charge is -2.14. The van der Waals surface area contributed by atoms with E-state index in [0.29, 0.717) is 6.04 Å². The molecule has 2 nitrogen and oxygen atoms in total. The molecule has 2 rings (SSSR count). The van der Waals surface area contributed by atoms with Gasteiger partial charge in [0.1, 0.15) is 5.03 Å². The number of hydrogen-bond donors (Lipinski definition) is 1. The Balaban J connectivity index is 2.27. The van der Waals surface area contributed by atoms with Crippen LogP contribution in [-0.2, 0) is 6.54 Å². The first-order valence-electron chi connectivity index (χ1n) is 7.85. The summed E-state index contributed by atoms with van der Waals surface area (Å²) in [7, 11) is 0. The van der Waals surface area contributed by atoms with Gasteiger partial charge < -0.3 is 5.32 Å². The molecule has 0 saturated heterocycles. The van der Waals surface area contributed by atoms with Crippen LogP contribution in [0.15, 0.2) is 35.4 Å². The summed E-state index contributed by atoms with van der Waals surface area (Å²) >= 11 is 1.90. The van der Waals surface area contributed by atoms with Crippen LogP contribution in [0.1, 0.15) is 39.7 Å². The highest BCUT2D eigenvalue weighted by molar-refractivity contribution is 7.99. The predicted octanol–water partition coefficient (Wildman–Crippen LogP) is 4.87. The number of fused-ring (bicyclic) bond motifs is 1. The second kappa shape index (κ2) is 7.81. The molecule has 1 aromatic carbocycles. The van der Waals surface area contributed by atoms with Crippen molar-refractivity contribution < 1.29 is 0 Å². The molecule has 1 N–H and O–H groups in total. The highest BCUT2D eigenvalue weighted by Gasteiger charge is 2.10. The van der Waals surface area contributed by atoms with E-state index in [9.17, 15) is 0 Å². The van der Waals surface area contributed by atoms with Crippen LogP contribution >= 0.6 is 11.8 Å². The molecule has 0 aliphatic heterocycles. The monoisotopic (exact) mass is 302 g/mol. The smallest absolute Gasteiger partial charge is 0.101 e. The van der Waals surface area contributed by atoms with Crippen molar-refractivity contribution in [2.45, 2.75) is 51.7 Å². The van der Waals surface area contributed by atoms with Gasteiger partial charge in [-0.1, -0.05) is 52.3 Å². The molecule has 0 amide bonds. The highest BCUT2D eigenvalue weighted by atomic mass is 32.2. The van der Waals surface area contributed by atoms with Crippen LogP contribution in [0.25, 0.3) is 10.9 Å². The van der Waals surface area contributed by atoms with Crippen molar-refractivity contribution in [3.63, 3.8) is 0 Å². The first kappa shape index (κ1) is 16.3. The van der Waals surface area contributed by atoms with E-state index in [4.69, 9.17) is 4.98 Å². The Kier molecular flexibility index (Phi) is 6.07. The molecule has 1 atom stereocenters. The number of thioether (sulfide) groups is 1. The Morgan fingerprint density at radius 2 is 1.95 bits per heavy atom. The summed E-state index contributed by atoms with van der Waals surface area (Å²) in [6.45, 7) is 9.81. The topological polar surface area (TPSA) is 24.9 Å². The maximum atomic E-state index is 4.88. The van der Waals surface area contributed by atoms with E-state index in [-0.39, 0.29) is 0 Å². The van der Waals surface area contributed by atoms with E-state index in [1.54, 1.807) is 0 Å². The zero-order valence-corrected chi connectivity index (χ0v) is 14.3. The average Bonchev–Trinajstić information content (AvgIpc) is 2.49. The van der Waals surface area contributed by atoms with Crippen LogP contribution < -0.4 is 5.32 Å². The number of pyridine rings is 1. The molecular formula is C18H26N2S. The number of nitrogens with one attached hydrogen (secondary N) is 1. The Morgan fingerprint density at radius 3 is 2.67 bits per heavy atom. The lowest BCUT2D eigenvalue weighted by molar-refractivity contribution is 0.582. The van der Waals surface area contributed by atoms with Gasteiger partial charge in [-0.25, -0.2) is 4.98 Å². The zero-order chi connectivity index (χ0) is 15.2. The molecule has 114 valence electrons. The van der Waals surface area contributed by atoms with E-state index < -0.39 is 0 Å². The molecule has 1 aromatic heterocycles. The second-order valence-electron chi connectivity index (χ2n) is 6.01. The Bertz CT molecular complexity index is 580. The van der Waals surface area contributed by atoms with Crippen LogP contribution in [0.5, 0.6) is 0 Å². The molecule has 0 saturated carbocycles. The summed E-state index contributed by atoms with van der Waals surface area (Å²) in [5, 5.41) is 5.93. The third-order valence-electron chi connectivity index (χ3n) is 3.67. The fourth-order valence-electron chi connectivity index (χ4n) is 2.05. The van der Waals surface area contributed by atoms with Crippen molar-refractivity contribution in [3.8, 4) is 0 Å². The van der Waals surface area contributed by atoms with Gasteiger partial charge >= 0.3 is 0 Å². The van der Waals surface area contributed by atoms with Crippen molar-refractivity contribution in [2.24, 2.45) is 5.92 Å². The Morgan fingerprint density at radius 1 is 1.19 bits per heavy atom. The quantitative estimate of drug-likeness (QED) is 0.739. The maximum Gasteiger partial charge on any atom is 0.101 e. The number of benzene rings is 1. The van der Waals surface area contributed by atoms with E-state index in [1.807, 2.05) is 11.8 Å². The third-order valence-corrected chi connectivity index (χ3v) is 5.03. The molecule has 21 heavy (non-hydrogen) atoms. The molecule has 0 spiro atoms. The van der Waals surface area contributed by atoms with E-state index in [1.165, 1.54) is 22.4 Å². The van der Waals surface area contributed by atoms with Crippen molar-refractivity contribution >= 4 is 22.7 Å². The van der Waals surface area contributed by atoms with Crippen molar-refractivity contribution in [1.29, 1.82) is 0 Å². The summed E-state index contributed by atoms with van der Waals surface area (Å²) in [6.07, 6.45) is 1.22. The fourth-order valence-corrected chi connectivity index (χ4v) is 3.20. The van der Waals surface area contributed by atoms with Crippen LogP contribution in [-0.4, -0.2) is 16.8 Å². The van der Waals surface area contributed by atoms with Gasteiger partial charge in [0.2, 0.25) is 0 Å². The van der Waals surface area contributed by atoms with Gasteiger partial charge in [-0.2, -0.15) is 0 Å². The van der Waals surface area contributed by atoms with E-state index >= 15 is 0 Å². The molecule has 0 bridgehead atoms. The normalized spacial score (nSPS) is 13.0. The summed E-state index contributed by atoms with van der Waals surface area (Å²) in [6, 6.07) is 11.2. The molecule has 0 aliphatic rings. The molecule has 0 aliphatic carbocycles. The van der Waals surface area contributed by atoms with Gasteiger partial charge in [-0.3, -0.25) is 0 Å². The van der Waals surface area contributed by atoms with E-state index in [0.717, 1.165) is 23.7 Å². The van der Waals surface area contributed by atoms with Crippen molar-refractivity contribution in [1.82, 2.24) is 10.3 Å². The summed E-state index contributed by atoms with van der Waals surface area (Å²) in [4.78, 5) is 4.88. The molecule has 0 fully saturated rings. The van der Waals surface area contributed by atoms with Gasteiger partial charge in [0, 0.05) is 23.7 Å². The van der Waals surface area contributed by atoms with Crippen LogP contribution in [0.4, 0.5) is 0 Å². The lowest BCUT2D eigenvalue weighted by atomic mass is 10.1. The van der Waals surface area contributed by atoms with E-state index in [2.05, 4.69) is 63.3 Å². The zero-order valence-electron chi connectivity index (χ0n) is 13.5. The minimum absolute atomic E-state index is 0.490. The molecule has 1 heterocycles. The first-order chi connectivity index (χ1) is 10.1. The molecule has 3 heteroatoms. The van der Waals surface area contributed by atoms with Gasteiger partial charge in [0.25, 0.3) is 0 Å². The lowest BCUT2D eigenvalue weighted by Crippen LogP contribution is -2.22. The summed E-state index contributed by atoms with van der Waals surface area (Å²) in [5.74, 6) is 1.87. The number of hydrogen-bond acceptors (Lipinski definition) is 3. The standard InChI is InChI=1S/C18H26N2S/c1-5-14(4)12-21-18-16(11-19-13(2)3)10-15-8-6-7-9-17(15)20-18/h6-10,13-14,19H,5,11-12H2,1-4H3. The highest BCUT2D eigenvalue weighted by Crippen LogP contribution is 2.27. The number of aromatic nitrogens is 1. The molecule has 2 aromatic rings. The number of nitrogens with zero attached hydrogens (tertiary/aromatic N) is 1. The Hall–Kier alpha value is -1.06. The van der Waals surface area contributed by atoms with Crippen molar-refractivity contribution in [2.75, 3.05) is 5.75 Å². The largest absolute Gasteiger partial charge is 0.310 e. The number of rotatable bonds is 7. The van der Waals surface area contributed by atoms with Gasteiger partial charge in [0.05, 0.1) is 5.52 Å². The van der Waals surface area contributed by atoms with Crippen molar-refractivity contribution in [3.05, 3.63) is 35.9 Å². The van der Waals surface area contributed by atoms with Gasteiger partial charge in [-0.15, -0.1) is 11.8 Å². The molecular weight excluding hydrogens is 276 g/mol. The van der Waals surface area contributed by atoms with Crippen LogP contribution in [0.3, 0.4) is 0 Å². The SMILES string of the molecule is CCC(C)CSc1nc2ccccc2cc1CNC(C)C. The summed E-state index contributed by atoms with van der Waals surface area (Å²) in [5.41, 5.74) is 2.41.